The topological polar surface area (TPSA) is 241 Å². The first-order chi connectivity index (χ1) is 24.5. The van der Waals surface area contributed by atoms with Crippen LogP contribution in [0.5, 0.6) is 0 Å². The van der Waals surface area contributed by atoms with Crippen LogP contribution in [0.4, 0.5) is 17.1 Å². The van der Waals surface area contributed by atoms with Crippen LogP contribution >= 0.6 is 10.7 Å². The van der Waals surface area contributed by atoms with E-state index < -0.39 is 50.5 Å². The standard InChI is InChI=1S/2C10H12BNO4S.C7H8BNO2.C3H5ClO2S/c2*13-11-10-5-8(2-1-7(10)6-16-11)12-17(14,15)9-3-4-9;9-6-2-1-5-4-11-8(10)7(5)3-6;4-7(5,6)3-1-2-3/h2*1-2,5,9,12-13H,3-4,6H2;1-3,10H,4,9H2;3H,1-2H2. The van der Waals surface area contributed by atoms with Gasteiger partial charge in [0, 0.05) is 27.7 Å². The molecule has 0 unspecified atom stereocenters. The molecule has 0 spiro atoms. The molecule has 3 heterocycles. The number of sulfonamides is 2. The van der Waals surface area contributed by atoms with Gasteiger partial charge in [0.15, 0.2) is 0 Å². The number of anilines is 3. The number of nitrogens with two attached hydrogens (primary N) is 1. The lowest BCUT2D eigenvalue weighted by Crippen LogP contribution is -2.28. The van der Waals surface area contributed by atoms with E-state index >= 15 is 0 Å². The number of nitrogen functional groups attached to an aromatic ring is 1. The Morgan fingerprint density at radius 2 is 0.923 bits per heavy atom. The predicted octanol–water partition coefficient (Wildman–Crippen LogP) is -0.179. The third kappa shape index (κ3) is 10.0. The highest BCUT2D eigenvalue weighted by Crippen LogP contribution is 2.31. The monoisotopic (exact) mass is 795 g/mol. The number of fused-ring (bicyclic) bond motifs is 3. The summed E-state index contributed by atoms with van der Waals surface area (Å²) in [4.78, 5) is 0. The first kappa shape index (κ1) is 38.9. The van der Waals surface area contributed by atoms with E-state index in [9.17, 15) is 40.3 Å². The average Bonchev–Trinajstić information content (AvgIpc) is 3.95. The Balaban J connectivity index is 0.000000125. The van der Waals surface area contributed by atoms with E-state index in [4.69, 9.17) is 30.4 Å². The van der Waals surface area contributed by atoms with Crippen molar-refractivity contribution in [3.8, 4) is 0 Å². The fourth-order valence-electron chi connectivity index (χ4n) is 5.39. The van der Waals surface area contributed by atoms with Gasteiger partial charge in [-0.1, -0.05) is 18.2 Å². The summed E-state index contributed by atoms with van der Waals surface area (Å²) in [6, 6.07) is 15.6. The maximum atomic E-state index is 11.7. The Morgan fingerprint density at radius 3 is 1.25 bits per heavy atom. The van der Waals surface area contributed by atoms with E-state index in [1.165, 1.54) is 0 Å². The molecule has 15 nitrogen and oxygen atoms in total. The van der Waals surface area contributed by atoms with E-state index in [1.807, 2.05) is 6.07 Å². The van der Waals surface area contributed by atoms with Crippen LogP contribution in [-0.4, -0.2) is 77.4 Å². The van der Waals surface area contributed by atoms with Crippen molar-refractivity contribution in [3.05, 3.63) is 71.3 Å². The van der Waals surface area contributed by atoms with E-state index in [0.717, 1.165) is 60.7 Å². The predicted molar refractivity (Wildman–Crippen MR) is 200 cm³/mol. The highest BCUT2D eigenvalue weighted by atomic mass is 35.7. The summed E-state index contributed by atoms with van der Waals surface area (Å²) in [5, 5.41) is 27.6. The van der Waals surface area contributed by atoms with Gasteiger partial charge in [-0.3, -0.25) is 9.44 Å². The minimum Gasteiger partial charge on any atom is -0.423 e. The van der Waals surface area contributed by atoms with Crippen molar-refractivity contribution in [3.63, 3.8) is 0 Å². The molecular formula is C30H37B3ClN3O12S3. The summed E-state index contributed by atoms with van der Waals surface area (Å²) < 4.78 is 87.4. The van der Waals surface area contributed by atoms with E-state index in [2.05, 4.69) is 9.44 Å². The molecule has 3 fully saturated rings. The van der Waals surface area contributed by atoms with Crippen LogP contribution in [0, 0.1) is 0 Å². The summed E-state index contributed by atoms with van der Waals surface area (Å²) >= 11 is 0. The fourth-order valence-corrected chi connectivity index (χ4v) is 9.38. The fraction of sp³-hybridized carbons (Fsp3) is 0.400. The molecule has 3 aliphatic heterocycles. The number of benzene rings is 3. The van der Waals surface area contributed by atoms with Crippen molar-refractivity contribution in [2.45, 2.75) is 74.1 Å². The lowest BCUT2D eigenvalue weighted by Gasteiger charge is -2.08. The van der Waals surface area contributed by atoms with Crippen molar-refractivity contribution in [1.29, 1.82) is 0 Å². The molecule has 3 aliphatic carbocycles. The maximum absolute atomic E-state index is 11.7. The SMILES string of the molecule is Nc1ccc2c(c1)B(O)OC2.O=S(=O)(Cl)C1CC1.O=S(=O)(Nc1ccc2c(c1)B(O)OC2)C1CC1.O=S(=O)(Nc1ccc2c(c1)B(O)OC2)C1CC1. The van der Waals surface area contributed by atoms with Crippen molar-refractivity contribution >= 4 is 94.6 Å². The lowest BCUT2D eigenvalue weighted by atomic mass is 9.79. The third-order valence-corrected chi connectivity index (χ3v) is 14.6. The van der Waals surface area contributed by atoms with E-state index in [-0.39, 0.29) is 15.7 Å². The van der Waals surface area contributed by atoms with Gasteiger partial charge in [-0.25, -0.2) is 25.3 Å². The van der Waals surface area contributed by atoms with E-state index in [0.29, 0.717) is 47.8 Å². The largest absolute Gasteiger partial charge is 0.491 e. The molecule has 0 atom stereocenters. The molecule has 22 heteroatoms. The van der Waals surface area contributed by atoms with Crippen molar-refractivity contribution < 1.29 is 54.3 Å². The highest BCUT2D eigenvalue weighted by molar-refractivity contribution is 8.14. The van der Waals surface area contributed by atoms with Crippen LogP contribution in [0.25, 0.3) is 0 Å². The molecule has 6 aliphatic rings. The molecule has 278 valence electrons. The number of nitrogens with one attached hydrogen (secondary N) is 2. The second kappa shape index (κ2) is 15.5. The Morgan fingerprint density at radius 1 is 0.577 bits per heavy atom. The average molecular weight is 796 g/mol. The summed E-state index contributed by atoms with van der Waals surface area (Å²) in [5.41, 5.74) is 12.0. The Labute approximate surface area is 308 Å². The quantitative estimate of drug-likeness (QED) is 0.104. The van der Waals surface area contributed by atoms with Crippen LogP contribution in [0.3, 0.4) is 0 Å². The summed E-state index contributed by atoms with van der Waals surface area (Å²) in [6.45, 7) is 1.22. The van der Waals surface area contributed by atoms with Crippen LogP contribution in [0.1, 0.15) is 55.2 Å². The van der Waals surface area contributed by atoms with Gasteiger partial charge in [-0.2, -0.15) is 0 Å². The zero-order chi connectivity index (χ0) is 37.4. The molecule has 0 aromatic heterocycles. The van der Waals surface area contributed by atoms with Gasteiger partial charge in [0.2, 0.25) is 29.1 Å². The molecule has 0 saturated heterocycles. The Kier molecular flexibility index (Phi) is 11.6. The van der Waals surface area contributed by atoms with Crippen LogP contribution < -0.4 is 31.6 Å². The molecule has 0 radical (unpaired) electrons. The van der Waals surface area contributed by atoms with Crippen molar-refractivity contribution in [2.24, 2.45) is 0 Å². The van der Waals surface area contributed by atoms with Gasteiger partial charge in [0.05, 0.1) is 35.6 Å². The summed E-state index contributed by atoms with van der Waals surface area (Å²) in [7, 11) is -7.43. The molecule has 9 rings (SSSR count). The zero-order valence-electron chi connectivity index (χ0n) is 27.7. The first-order valence-electron chi connectivity index (χ1n) is 16.5. The minimum absolute atomic E-state index is 0.214. The van der Waals surface area contributed by atoms with Gasteiger partial charge in [0.1, 0.15) is 0 Å². The minimum atomic E-state index is -3.25. The molecule has 52 heavy (non-hydrogen) atoms. The molecule has 0 bridgehead atoms. The van der Waals surface area contributed by atoms with Crippen LogP contribution in [0.2, 0.25) is 0 Å². The number of rotatable bonds is 7. The zero-order valence-corrected chi connectivity index (χ0v) is 30.9. The third-order valence-electron chi connectivity index (χ3n) is 8.82. The van der Waals surface area contributed by atoms with Crippen LogP contribution in [0.15, 0.2) is 54.6 Å². The lowest BCUT2D eigenvalue weighted by molar-refractivity contribution is 0.275. The second-order valence-corrected chi connectivity index (χ2v) is 20.0. The smallest absolute Gasteiger partial charge is 0.423 e. The van der Waals surface area contributed by atoms with E-state index in [1.54, 1.807) is 48.5 Å². The van der Waals surface area contributed by atoms with Crippen molar-refractivity contribution in [1.82, 2.24) is 0 Å². The van der Waals surface area contributed by atoms with Gasteiger partial charge in [0.25, 0.3) is 0 Å². The summed E-state index contributed by atoms with van der Waals surface area (Å²) in [5.74, 6) is 0. The number of hydrogen-bond acceptors (Lipinski definition) is 13. The Hall–Kier alpha value is -2.85. The maximum Gasteiger partial charge on any atom is 0.491 e. The second-order valence-electron chi connectivity index (χ2n) is 13.1. The number of halogens is 1. The van der Waals surface area contributed by atoms with Gasteiger partial charge in [-0.05, 0) is 108 Å². The molecular weight excluding hydrogens is 758 g/mol. The van der Waals surface area contributed by atoms with Crippen LogP contribution in [-0.2, 0) is 62.9 Å². The summed E-state index contributed by atoms with van der Waals surface area (Å²) in [6.07, 6.45) is 4.42. The molecule has 3 saturated carbocycles. The van der Waals surface area contributed by atoms with Crippen molar-refractivity contribution in [2.75, 3.05) is 15.2 Å². The Bertz CT molecular complexity index is 2040. The van der Waals surface area contributed by atoms with Gasteiger partial charge >= 0.3 is 21.4 Å². The number of hydrogen-bond donors (Lipinski definition) is 6. The van der Waals surface area contributed by atoms with Gasteiger partial charge < -0.3 is 34.8 Å². The van der Waals surface area contributed by atoms with Gasteiger partial charge in [-0.15, -0.1) is 0 Å². The molecule has 3 aromatic carbocycles. The molecule has 7 N–H and O–H groups in total. The highest BCUT2D eigenvalue weighted by Gasteiger charge is 2.37. The normalized spacial score (nSPS) is 18.8. The molecule has 0 amide bonds. The first-order valence-corrected chi connectivity index (χ1v) is 22.0. The molecule has 3 aromatic rings.